The molecule has 1 aromatic carbocycles. The molecule has 0 radical (unpaired) electrons. The first-order valence-electron chi connectivity index (χ1n) is 6.32. The van der Waals surface area contributed by atoms with Crippen LogP contribution in [0, 0.1) is 0 Å². The molecule has 0 unspecified atom stereocenters. The van der Waals surface area contributed by atoms with Crippen LogP contribution in [-0.4, -0.2) is 29.6 Å². The van der Waals surface area contributed by atoms with E-state index in [1.165, 1.54) is 0 Å². The molecule has 1 aromatic rings. The van der Waals surface area contributed by atoms with Crippen molar-refractivity contribution in [1.29, 1.82) is 0 Å². The monoisotopic (exact) mass is 263 g/mol. The van der Waals surface area contributed by atoms with Crippen molar-refractivity contribution in [2.24, 2.45) is 0 Å². The van der Waals surface area contributed by atoms with E-state index in [1.54, 1.807) is 6.92 Å². The fourth-order valence-electron chi connectivity index (χ4n) is 2.27. The summed E-state index contributed by atoms with van der Waals surface area (Å²) >= 11 is 0. The number of carbonyl (C=O) groups excluding carboxylic acids is 1. The van der Waals surface area contributed by atoms with Gasteiger partial charge in [0.25, 0.3) is 0 Å². The summed E-state index contributed by atoms with van der Waals surface area (Å²) in [5.74, 6) is -0.578. The smallest absolute Gasteiger partial charge is 0.305 e. The number of para-hydroxylation sites is 1. The van der Waals surface area contributed by atoms with Crippen molar-refractivity contribution in [1.82, 2.24) is 5.32 Å². The van der Waals surface area contributed by atoms with Gasteiger partial charge in [-0.05, 0) is 19.4 Å². The third-order valence-corrected chi connectivity index (χ3v) is 3.14. The standard InChI is InChI=1S/C14H17NO4/c1-9(8-13(16)17)15-14(18)11-6-7-19-12-5-3-2-4-10(11)12/h2-5,9,11H,6-8H2,1H3,(H,15,18)(H,16,17)/t9-,11-/m0/s1. The molecule has 5 nitrogen and oxygen atoms in total. The number of amides is 1. The predicted molar refractivity (Wildman–Crippen MR) is 69.2 cm³/mol. The van der Waals surface area contributed by atoms with Gasteiger partial charge in [-0.25, -0.2) is 0 Å². The Bertz CT molecular complexity index is 486. The molecule has 1 heterocycles. The van der Waals surface area contributed by atoms with Crippen LogP contribution in [0.1, 0.15) is 31.2 Å². The van der Waals surface area contributed by atoms with E-state index in [0.717, 1.165) is 11.3 Å². The summed E-state index contributed by atoms with van der Waals surface area (Å²) in [6.45, 7) is 2.19. The molecule has 1 amide bonds. The number of hydrogen-bond acceptors (Lipinski definition) is 3. The Morgan fingerprint density at radius 3 is 2.95 bits per heavy atom. The van der Waals surface area contributed by atoms with Gasteiger partial charge in [-0.15, -0.1) is 0 Å². The van der Waals surface area contributed by atoms with Gasteiger partial charge >= 0.3 is 5.97 Å². The van der Waals surface area contributed by atoms with Gasteiger partial charge in [0, 0.05) is 11.6 Å². The molecular weight excluding hydrogens is 246 g/mol. The summed E-state index contributed by atoms with van der Waals surface area (Å²) in [6, 6.07) is 7.08. The third-order valence-electron chi connectivity index (χ3n) is 3.14. The first kappa shape index (κ1) is 13.4. The van der Waals surface area contributed by atoms with Crippen molar-refractivity contribution in [3.05, 3.63) is 29.8 Å². The molecule has 1 aliphatic heterocycles. The van der Waals surface area contributed by atoms with Gasteiger partial charge in [-0.3, -0.25) is 9.59 Å². The highest BCUT2D eigenvalue weighted by Crippen LogP contribution is 2.33. The number of hydrogen-bond donors (Lipinski definition) is 2. The molecule has 0 bridgehead atoms. The summed E-state index contributed by atoms with van der Waals surface area (Å²) in [4.78, 5) is 22.8. The summed E-state index contributed by atoms with van der Waals surface area (Å²) in [5.41, 5.74) is 0.869. The molecule has 2 N–H and O–H groups in total. The van der Waals surface area contributed by atoms with Crippen LogP contribution < -0.4 is 10.1 Å². The number of aliphatic carboxylic acids is 1. The van der Waals surface area contributed by atoms with Crippen molar-refractivity contribution in [2.45, 2.75) is 31.7 Å². The molecule has 19 heavy (non-hydrogen) atoms. The van der Waals surface area contributed by atoms with Gasteiger partial charge in [-0.1, -0.05) is 18.2 Å². The maximum atomic E-state index is 12.2. The van der Waals surface area contributed by atoms with Crippen molar-refractivity contribution < 1.29 is 19.4 Å². The minimum absolute atomic E-state index is 0.0728. The van der Waals surface area contributed by atoms with E-state index in [-0.39, 0.29) is 24.3 Å². The molecule has 1 aliphatic rings. The Kier molecular flexibility index (Phi) is 4.04. The Morgan fingerprint density at radius 1 is 1.47 bits per heavy atom. The maximum Gasteiger partial charge on any atom is 0.305 e. The van der Waals surface area contributed by atoms with E-state index in [0.29, 0.717) is 13.0 Å². The van der Waals surface area contributed by atoms with Crippen LogP contribution in [0.3, 0.4) is 0 Å². The molecule has 0 fully saturated rings. The van der Waals surface area contributed by atoms with E-state index in [1.807, 2.05) is 24.3 Å². The Morgan fingerprint density at radius 2 is 2.21 bits per heavy atom. The number of carbonyl (C=O) groups is 2. The molecule has 0 aromatic heterocycles. The molecule has 0 saturated carbocycles. The topological polar surface area (TPSA) is 75.6 Å². The Balaban J connectivity index is 2.06. The van der Waals surface area contributed by atoms with Crippen molar-refractivity contribution in [2.75, 3.05) is 6.61 Å². The van der Waals surface area contributed by atoms with Crippen molar-refractivity contribution in [3.63, 3.8) is 0 Å². The van der Waals surface area contributed by atoms with E-state index in [9.17, 15) is 9.59 Å². The third kappa shape index (κ3) is 3.24. The summed E-state index contributed by atoms with van der Waals surface area (Å²) in [7, 11) is 0. The van der Waals surface area contributed by atoms with Gasteiger partial charge in [0.15, 0.2) is 0 Å². The minimum atomic E-state index is -0.917. The van der Waals surface area contributed by atoms with Gasteiger partial charge in [0.2, 0.25) is 5.91 Å². The Labute approximate surface area is 111 Å². The SMILES string of the molecule is C[C@@H](CC(=O)O)NC(=O)[C@H]1CCOc2ccccc21. The molecular formula is C14H17NO4. The summed E-state index contributed by atoms with van der Waals surface area (Å²) < 4.78 is 5.50. The fraction of sp³-hybridized carbons (Fsp3) is 0.429. The van der Waals surface area contributed by atoms with E-state index in [4.69, 9.17) is 9.84 Å². The highest BCUT2D eigenvalue weighted by Gasteiger charge is 2.28. The van der Waals surface area contributed by atoms with Gasteiger partial charge in [0.1, 0.15) is 5.75 Å². The average molecular weight is 263 g/mol. The highest BCUT2D eigenvalue weighted by atomic mass is 16.5. The quantitative estimate of drug-likeness (QED) is 0.863. The molecule has 0 aliphatic carbocycles. The van der Waals surface area contributed by atoms with Crippen LogP contribution in [0.2, 0.25) is 0 Å². The van der Waals surface area contributed by atoms with E-state index in [2.05, 4.69) is 5.32 Å². The molecule has 2 atom stereocenters. The zero-order valence-corrected chi connectivity index (χ0v) is 10.8. The molecule has 5 heteroatoms. The summed E-state index contributed by atoms with van der Waals surface area (Å²) in [6.07, 6.45) is 0.541. The lowest BCUT2D eigenvalue weighted by atomic mass is 9.92. The van der Waals surface area contributed by atoms with Crippen LogP contribution in [0.5, 0.6) is 5.75 Å². The normalized spacial score (nSPS) is 18.9. The van der Waals surface area contributed by atoms with Gasteiger partial charge < -0.3 is 15.2 Å². The number of ether oxygens (including phenoxy) is 1. The average Bonchev–Trinajstić information content (AvgIpc) is 2.36. The molecule has 0 saturated heterocycles. The predicted octanol–water partition coefficient (Wildman–Crippen LogP) is 1.53. The van der Waals surface area contributed by atoms with Crippen LogP contribution in [0.25, 0.3) is 0 Å². The molecule has 0 spiro atoms. The van der Waals surface area contributed by atoms with Crippen LogP contribution in [0.4, 0.5) is 0 Å². The number of benzene rings is 1. The number of rotatable bonds is 4. The lowest BCUT2D eigenvalue weighted by molar-refractivity contribution is -0.137. The van der Waals surface area contributed by atoms with E-state index >= 15 is 0 Å². The number of carboxylic acid groups (broad SMARTS) is 1. The lowest BCUT2D eigenvalue weighted by Gasteiger charge is -2.26. The first-order chi connectivity index (χ1) is 9.08. The van der Waals surface area contributed by atoms with Crippen LogP contribution in [0.15, 0.2) is 24.3 Å². The summed E-state index contributed by atoms with van der Waals surface area (Å²) in [5, 5.41) is 11.4. The molecule has 2 rings (SSSR count). The largest absolute Gasteiger partial charge is 0.493 e. The zero-order valence-electron chi connectivity index (χ0n) is 10.8. The fourth-order valence-corrected chi connectivity index (χ4v) is 2.27. The van der Waals surface area contributed by atoms with Crippen molar-refractivity contribution in [3.8, 4) is 5.75 Å². The lowest BCUT2D eigenvalue weighted by Crippen LogP contribution is -2.39. The number of carboxylic acids is 1. The van der Waals surface area contributed by atoms with Gasteiger partial charge in [-0.2, -0.15) is 0 Å². The second-order valence-corrected chi connectivity index (χ2v) is 4.74. The van der Waals surface area contributed by atoms with Crippen LogP contribution >= 0.6 is 0 Å². The van der Waals surface area contributed by atoms with Crippen LogP contribution in [-0.2, 0) is 9.59 Å². The van der Waals surface area contributed by atoms with Crippen molar-refractivity contribution >= 4 is 11.9 Å². The first-order valence-corrected chi connectivity index (χ1v) is 6.32. The maximum absolute atomic E-state index is 12.2. The minimum Gasteiger partial charge on any atom is -0.493 e. The van der Waals surface area contributed by atoms with E-state index < -0.39 is 5.97 Å². The number of fused-ring (bicyclic) bond motifs is 1. The second kappa shape index (κ2) is 5.73. The molecule has 102 valence electrons. The zero-order chi connectivity index (χ0) is 13.8. The Hall–Kier alpha value is -2.04. The number of nitrogens with one attached hydrogen (secondary N) is 1. The second-order valence-electron chi connectivity index (χ2n) is 4.74. The van der Waals surface area contributed by atoms with Gasteiger partial charge in [0.05, 0.1) is 18.9 Å². The highest BCUT2D eigenvalue weighted by molar-refractivity contribution is 5.85.